The summed E-state index contributed by atoms with van der Waals surface area (Å²) in [6.45, 7) is -0.114. The number of nitrogens with zero attached hydrogens (tertiary/aromatic N) is 2. The third kappa shape index (κ3) is 2.28. The second-order valence-corrected chi connectivity index (χ2v) is 4.21. The first-order valence-electron chi connectivity index (χ1n) is 5.11. The van der Waals surface area contributed by atoms with Crippen molar-refractivity contribution in [1.29, 1.82) is 0 Å². The number of amides is 4. The van der Waals surface area contributed by atoms with E-state index in [9.17, 15) is 14.4 Å². The summed E-state index contributed by atoms with van der Waals surface area (Å²) < 4.78 is 0. The summed E-state index contributed by atoms with van der Waals surface area (Å²) in [6.07, 6.45) is 0. The molecule has 1 aliphatic heterocycles. The molecule has 1 fully saturated rings. The minimum atomic E-state index is -1.11. The van der Waals surface area contributed by atoms with Crippen molar-refractivity contribution < 1.29 is 14.4 Å². The average molecular weight is 267 g/mol. The van der Waals surface area contributed by atoms with Gasteiger partial charge in [-0.1, -0.05) is 17.7 Å². The topological polar surface area (TPSA) is 94.6 Å². The highest BCUT2D eigenvalue weighted by atomic mass is 35.5. The molecule has 1 saturated heterocycles. The van der Waals surface area contributed by atoms with Gasteiger partial charge in [0.05, 0.1) is 0 Å². The van der Waals surface area contributed by atoms with Crippen LogP contribution in [0.15, 0.2) is 24.3 Å². The molecule has 0 aromatic heterocycles. The van der Waals surface area contributed by atoms with Crippen molar-refractivity contribution in [2.75, 3.05) is 11.4 Å². The molecule has 1 atom stereocenters. The van der Waals surface area contributed by atoms with Gasteiger partial charge in [-0.05, 0) is 18.2 Å². The number of halogens is 1. The first kappa shape index (κ1) is 12.4. The van der Waals surface area contributed by atoms with Gasteiger partial charge in [0.1, 0.15) is 5.92 Å². The molecule has 1 heterocycles. The van der Waals surface area contributed by atoms with Crippen LogP contribution in [0.2, 0.25) is 5.02 Å². The SMILES string of the molecule is NC(=O)C1CN(c2cccc(Cl)c2)C(=O)[N]C1=O. The van der Waals surface area contributed by atoms with Crippen molar-refractivity contribution >= 4 is 35.1 Å². The average Bonchev–Trinajstić information content (AvgIpc) is 2.28. The minimum absolute atomic E-state index is 0.114. The number of urea groups is 1. The van der Waals surface area contributed by atoms with E-state index in [-0.39, 0.29) is 6.54 Å². The zero-order valence-corrected chi connectivity index (χ0v) is 9.92. The highest BCUT2D eigenvalue weighted by Crippen LogP contribution is 2.23. The summed E-state index contributed by atoms with van der Waals surface area (Å²) in [7, 11) is 0. The molecule has 4 amide bonds. The fourth-order valence-corrected chi connectivity index (χ4v) is 1.83. The number of benzene rings is 1. The molecular formula is C11H9ClN3O3. The molecule has 18 heavy (non-hydrogen) atoms. The maximum Gasteiger partial charge on any atom is 0.351 e. The van der Waals surface area contributed by atoms with Gasteiger partial charge in [0.2, 0.25) is 5.91 Å². The van der Waals surface area contributed by atoms with Gasteiger partial charge in [-0.3, -0.25) is 14.5 Å². The maximum atomic E-state index is 11.6. The molecule has 1 aromatic carbocycles. The second-order valence-electron chi connectivity index (χ2n) is 3.78. The molecule has 6 nitrogen and oxygen atoms in total. The number of nitrogens with two attached hydrogens (primary N) is 1. The van der Waals surface area contributed by atoms with E-state index in [2.05, 4.69) is 5.32 Å². The van der Waals surface area contributed by atoms with Crippen LogP contribution >= 0.6 is 11.6 Å². The van der Waals surface area contributed by atoms with Crippen molar-refractivity contribution in [3.63, 3.8) is 0 Å². The molecule has 0 saturated carbocycles. The fourth-order valence-electron chi connectivity index (χ4n) is 1.64. The van der Waals surface area contributed by atoms with E-state index in [0.29, 0.717) is 10.7 Å². The van der Waals surface area contributed by atoms with Crippen molar-refractivity contribution in [2.24, 2.45) is 11.7 Å². The largest absolute Gasteiger partial charge is 0.369 e. The summed E-state index contributed by atoms with van der Waals surface area (Å²) in [5.74, 6) is -2.71. The van der Waals surface area contributed by atoms with Gasteiger partial charge in [-0.2, -0.15) is 5.32 Å². The van der Waals surface area contributed by atoms with Crippen LogP contribution in [0, 0.1) is 5.92 Å². The zero-order valence-electron chi connectivity index (χ0n) is 9.17. The quantitative estimate of drug-likeness (QED) is 0.790. The highest BCUT2D eigenvalue weighted by Gasteiger charge is 2.38. The fraction of sp³-hybridized carbons (Fsp3) is 0.182. The van der Waals surface area contributed by atoms with E-state index in [1.165, 1.54) is 4.90 Å². The number of primary amides is 1. The lowest BCUT2D eigenvalue weighted by molar-refractivity contribution is -0.133. The molecule has 1 aliphatic rings. The minimum Gasteiger partial charge on any atom is -0.369 e. The van der Waals surface area contributed by atoms with Gasteiger partial charge in [0.15, 0.2) is 0 Å². The van der Waals surface area contributed by atoms with Crippen LogP contribution in [-0.2, 0) is 9.59 Å². The molecule has 2 N–H and O–H groups in total. The lowest BCUT2D eigenvalue weighted by Gasteiger charge is -2.29. The third-order valence-corrected chi connectivity index (χ3v) is 2.80. The molecule has 93 valence electrons. The van der Waals surface area contributed by atoms with Crippen molar-refractivity contribution in [1.82, 2.24) is 5.32 Å². The van der Waals surface area contributed by atoms with Crippen LogP contribution in [0.25, 0.3) is 0 Å². The van der Waals surface area contributed by atoms with Gasteiger partial charge in [-0.15, -0.1) is 0 Å². The van der Waals surface area contributed by atoms with Gasteiger partial charge >= 0.3 is 6.03 Å². The van der Waals surface area contributed by atoms with Gasteiger partial charge in [-0.25, -0.2) is 4.79 Å². The molecule has 0 aliphatic carbocycles. The first-order valence-corrected chi connectivity index (χ1v) is 5.49. The number of hydrogen-bond donors (Lipinski definition) is 1. The van der Waals surface area contributed by atoms with Crippen LogP contribution in [-0.4, -0.2) is 24.4 Å². The Morgan fingerprint density at radius 2 is 2.17 bits per heavy atom. The number of hydrogen-bond acceptors (Lipinski definition) is 3. The Morgan fingerprint density at radius 3 is 2.78 bits per heavy atom. The lowest BCUT2D eigenvalue weighted by atomic mass is 10.1. The van der Waals surface area contributed by atoms with Crippen molar-refractivity contribution in [2.45, 2.75) is 0 Å². The van der Waals surface area contributed by atoms with E-state index in [1.54, 1.807) is 24.3 Å². The Morgan fingerprint density at radius 1 is 1.44 bits per heavy atom. The van der Waals surface area contributed by atoms with Crippen LogP contribution in [0.5, 0.6) is 0 Å². The van der Waals surface area contributed by atoms with Gasteiger partial charge < -0.3 is 5.73 Å². The number of carbonyl (C=O) groups is 3. The summed E-state index contributed by atoms with van der Waals surface area (Å²) >= 11 is 5.81. The van der Waals surface area contributed by atoms with Crippen molar-refractivity contribution in [3.8, 4) is 0 Å². The normalized spacial score (nSPS) is 19.6. The second kappa shape index (κ2) is 4.66. The van der Waals surface area contributed by atoms with E-state index >= 15 is 0 Å². The number of anilines is 1. The molecule has 1 aromatic rings. The molecular weight excluding hydrogens is 258 g/mol. The lowest BCUT2D eigenvalue weighted by Crippen LogP contribution is -2.54. The highest BCUT2D eigenvalue weighted by molar-refractivity contribution is 6.31. The summed E-state index contributed by atoms with van der Waals surface area (Å²) in [5.41, 5.74) is 5.56. The molecule has 1 unspecified atom stereocenters. The Kier molecular flexibility index (Phi) is 3.20. The van der Waals surface area contributed by atoms with Crippen LogP contribution in [0.4, 0.5) is 10.5 Å². The number of imide groups is 1. The van der Waals surface area contributed by atoms with E-state index in [0.717, 1.165) is 0 Å². The van der Waals surface area contributed by atoms with Gasteiger partial charge in [0.25, 0.3) is 5.91 Å². The molecule has 0 bridgehead atoms. The van der Waals surface area contributed by atoms with E-state index in [4.69, 9.17) is 17.3 Å². The molecule has 7 heteroatoms. The maximum absolute atomic E-state index is 11.6. The van der Waals surface area contributed by atoms with Crippen LogP contribution in [0.3, 0.4) is 0 Å². The summed E-state index contributed by atoms with van der Waals surface area (Å²) in [4.78, 5) is 35.3. The number of rotatable bonds is 2. The van der Waals surface area contributed by atoms with Gasteiger partial charge in [0, 0.05) is 17.3 Å². The summed E-state index contributed by atoms with van der Waals surface area (Å²) in [6, 6.07) is 5.75. The zero-order chi connectivity index (χ0) is 13.3. The first-order chi connectivity index (χ1) is 8.49. The standard InChI is InChI=1S/C11H9ClN3O3/c12-6-2-1-3-7(4-6)15-5-8(9(13)16)10(17)14-11(15)18/h1-4,8H,5H2,(H2,13,16). The molecule has 1 radical (unpaired) electrons. The molecule has 0 spiro atoms. The van der Waals surface area contributed by atoms with Crippen LogP contribution in [0.1, 0.15) is 0 Å². The third-order valence-electron chi connectivity index (χ3n) is 2.56. The summed E-state index contributed by atoms with van der Waals surface area (Å²) in [5, 5.41) is 3.71. The Labute approximate surface area is 108 Å². The van der Waals surface area contributed by atoms with Crippen molar-refractivity contribution in [3.05, 3.63) is 29.3 Å². The van der Waals surface area contributed by atoms with E-state index < -0.39 is 23.8 Å². The predicted molar refractivity (Wildman–Crippen MR) is 64.0 cm³/mol. The van der Waals surface area contributed by atoms with Crippen LogP contribution < -0.4 is 16.0 Å². The number of carbonyl (C=O) groups excluding carboxylic acids is 3. The Bertz CT molecular complexity index is 532. The predicted octanol–water partition coefficient (Wildman–Crippen LogP) is 0.512. The Hall–Kier alpha value is -2.08. The Balaban J connectivity index is 2.30. The van der Waals surface area contributed by atoms with E-state index in [1.807, 2.05) is 0 Å². The molecule has 2 rings (SSSR count). The monoisotopic (exact) mass is 266 g/mol. The smallest absolute Gasteiger partial charge is 0.351 e.